The lowest BCUT2D eigenvalue weighted by Crippen LogP contribution is -2.59. The minimum absolute atomic E-state index is 0.288. The second-order valence-corrected chi connectivity index (χ2v) is 5.55. The maximum Gasteiger partial charge on any atom is 0.309 e. The Morgan fingerprint density at radius 1 is 0.762 bits per heavy atom. The quantitative estimate of drug-likeness (QED) is 0.613. The van der Waals surface area contributed by atoms with Crippen molar-refractivity contribution in [2.75, 3.05) is 7.11 Å². The van der Waals surface area contributed by atoms with E-state index in [0.717, 1.165) is 7.11 Å². The molecule has 0 heterocycles. The highest BCUT2D eigenvalue weighted by Crippen LogP contribution is 2.55. The van der Waals surface area contributed by atoms with Gasteiger partial charge in [0.25, 0.3) is 0 Å². The summed E-state index contributed by atoms with van der Waals surface area (Å²) in [5.74, 6) is -11.3. The van der Waals surface area contributed by atoms with Crippen molar-refractivity contribution >= 4 is 23.9 Å². The molecule has 6 unspecified atom stereocenters. The average molecular weight is 300 g/mol. The van der Waals surface area contributed by atoms with Crippen molar-refractivity contribution in [2.45, 2.75) is 12.8 Å². The first kappa shape index (κ1) is 15.3. The van der Waals surface area contributed by atoms with Gasteiger partial charge in [-0.25, -0.2) is 0 Å². The standard InChI is InChI=1S/C13H16O8/c1-21-13(20)9-5-3-2-4(8(9)12(18)19)6(10(14)15)7(5)11(16)17/h4-9H,2-3H2,1H3,(H,14,15)(H,16,17)(H,18,19). The molecule has 0 radical (unpaired) electrons. The predicted octanol–water partition coefficient (Wildman–Crippen LogP) is -0.0822. The zero-order valence-corrected chi connectivity index (χ0v) is 11.3. The number of esters is 1. The van der Waals surface area contributed by atoms with Crippen LogP contribution in [-0.2, 0) is 23.9 Å². The topological polar surface area (TPSA) is 138 Å². The van der Waals surface area contributed by atoms with Crippen LogP contribution in [0.5, 0.6) is 0 Å². The first-order valence-corrected chi connectivity index (χ1v) is 6.57. The zero-order chi connectivity index (χ0) is 15.9. The van der Waals surface area contributed by atoms with E-state index in [2.05, 4.69) is 4.74 Å². The molecule has 3 fully saturated rings. The number of carboxylic acids is 3. The molecule has 3 aliphatic carbocycles. The first-order chi connectivity index (χ1) is 9.81. The van der Waals surface area contributed by atoms with Crippen LogP contribution in [0.3, 0.4) is 0 Å². The Balaban J connectivity index is 2.51. The van der Waals surface area contributed by atoms with Crippen LogP contribution in [0, 0.1) is 35.5 Å². The highest BCUT2D eigenvalue weighted by atomic mass is 16.5. The molecule has 3 aliphatic rings. The second-order valence-electron chi connectivity index (χ2n) is 5.55. The molecule has 0 saturated heterocycles. The van der Waals surface area contributed by atoms with Crippen molar-refractivity contribution in [3.05, 3.63) is 0 Å². The van der Waals surface area contributed by atoms with Crippen LogP contribution in [0.25, 0.3) is 0 Å². The van der Waals surface area contributed by atoms with Crippen molar-refractivity contribution in [1.82, 2.24) is 0 Å². The van der Waals surface area contributed by atoms with Gasteiger partial charge in [0.15, 0.2) is 0 Å². The molecule has 0 aromatic heterocycles. The molecular formula is C13H16O8. The van der Waals surface area contributed by atoms with Gasteiger partial charge in [-0.05, 0) is 24.7 Å². The van der Waals surface area contributed by atoms with E-state index in [4.69, 9.17) is 0 Å². The summed E-state index contributed by atoms with van der Waals surface area (Å²) in [5.41, 5.74) is 0. The third-order valence-electron chi connectivity index (χ3n) is 4.78. The number of ether oxygens (including phenoxy) is 1. The molecule has 21 heavy (non-hydrogen) atoms. The number of rotatable bonds is 4. The van der Waals surface area contributed by atoms with E-state index < -0.39 is 59.4 Å². The van der Waals surface area contributed by atoms with Gasteiger partial charge in [-0.3, -0.25) is 19.2 Å². The molecule has 0 aromatic rings. The molecule has 116 valence electrons. The summed E-state index contributed by atoms with van der Waals surface area (Å²) in [6.45, 7) is 0. The molecule has 3 N–H and O–H groups in total. The maximum atomic E-state index is 11.9. The Kier molecular flexibility index (Phi) is 3.89. The second kappa shape index (κ2) is 5.34. The SMILES string of the molecule is COC(=O)C1C2CCC(C(C(=O)O)C2C(=O)O)C1C(=O)O. The molecule has 3 rings (SSSR count). The van der Waals surface area contributed by atoms with Crippen LogP contribution >= 0.6 is 0 Å². The van der Waals surface area contributed by atoms with Gasteiger partial charge in [0, 0.05) is 0 Å². The summed E-state index contributed by atoms with van der Waals surface area (Å²) in [6, 6.07) is 0. The zero-order valence-electron chi connectivity index (χ0n) is 11.3. The van der Waals surface area contributed by atoms with Crippen molar-refractivity contribution in [2.24, 2.45) is 35.5 Å². The van der Waals surface area contributed by atoms with Crippen LogP contribution in [0.2, 0.25) is 0 Å². The van der Waals surface area contributed by atoms with Crippen LogP contribution in [0.1, 0.15) is 12.8 Å². The summed E-state index contributed by atoms with van der Waals surface area (Å²) < 4.78 is 4.60. The molecule has 8 nitrogen and oxygen atoms in total. The molecule has 0 aliphatic heterocycles. The van der Waals surface area contributed by atoms with Crippen LogP contribution in [0.4, 0.5) is 0 Å². The smallest absolute Gasteiger partial charge is 0.309 e. The largest absolute Gasteiger partial charge is 0.481 e. The van der Waals surface area contributed by atoms with E-state index in [0.29, 0.717) is 6.42 Å². The Morgan fingerprint density at radius 3 is 1.43 bits per heavy atom. The van der Waals surface area contributed by atoms with E-state index >= 15 is 0 Å². The minimum Gasteiger partial charge on any atom is -0.481 e. The summed E-state index contributed by atoms with van der Waals surface area (Å²) in [7, 11) is 1.11. The number of carboxylic acid groups (broad SMARTS) is 3. The summed E-state index contributed by atoms with van der Waals surface area (Å²) in [6.07, 6.45) is 0.602. The van der Waals surface area contributed by atoms with Gasteiger partial charge < -0.3 is 20.1 Å². The number of hydrogen-bond acceptors (Lipinski definition) is 5. The van der Waals surface area contributed by atoms with Gasteiger partial charge in [-0.1, -0.05) is 0 Å². The van der Waals surface area contributed by atoms with E-state index in [9.17, 15) is 34.5 Å². The Hall–Kier alpha value is -2.12. The van der Waals surface area contributed by atoms with Crippen LogP contribution in [0.15, 0.2) is 0 Å². The number of fused-ring (bicyclic) bond motifs is 3. The summed E-state index contributed by atoms with van der Waals surface area (Å²) >= 11 is 0. The number of carbonyl (C=O) groups is 4. The first-order valence-electron chi connectivity index (χ1n) is 6.57. The van der Waals surface area contributed by atoms with E-state index in [1.165, 1.54) is 0 Å². The number of hydrogen-bond donors (Lipinski definition) is 3. The molecule has 0 aromatic carbocycles. The fourth-order valence-corrected chi connectivity index (χ4v) is 4.08. The van der Waals surface area contributed by atoms with E-state index in [1.807, 2.05) is 0 Å². The van der Waals surface area contributed by atoms with Crippen molar-refractivity contribution in [1.29, 1.82) is 0 Å². The third-order valence-corrected chi connectivity index (χ3v) is 4.78. The Morgan fingerprint density at radius 2 is 1.10 bits per heavy atom. The molecular weight excluding hydrogens is 284 g/mol. The molecule has 2 bridgehead atoms. The molecule has 0 amide bonds. The van der Waals surface area contributed by atoms with Gasteiger partial charge in [-0.2, -0.15) is 0 Å². The van der Waals surface area contributed by atoms with Gasteiger partial charge in [-0.15, -0.1) is 0 Å². The highest BCUT2D eigenvalue weighted by molar-refractivity contribution is 5.87. The van der Waals surface area contributed by atoms with Crippen molar-refractivity contribution in [3.8, 4) is 0 Å². The maximum absolute atomic E-state index is 11.9. The molecule has 8 heteroatoms. The lowest BCUT2D eigenvalue weighted by Gasteiger charge is -2.51. The summed E-state index contributed by atoms with van der Waals surface area (Å²) in [5, 5.41) is 28.0. The molecule has 6 atom stereocenters. The Labute approximate surface area is 119 Å². The van der Waals surface area contributed by atoms with Crippen LogP contribution in [-0.4, -0.2) is 46.3 Å². The van der Waals surface area contributed by atoms with Gasteiger partial charge in [0.1, 0.15) is 0 Å². The van der Waals surface area contributed by atoms with Crippen molar-refractivity contribution in [3.63, 3.8) is 0 Å². The minimum atomic E-state index is -1.33. The molecule has 3 saturated carbocycles. The summed E-state index contributed by atoms with van der Waals surface area (Å²) in [4.78, 5) is 46.2. The number of carbonyl (C=O) groups excluding carboxylic acids is 1. The fraction of sp³-hybridized carbons (Fsp3) is 0.692. The Bertz CT molecular complexity index is 498. The number of aliphatic carboxylic acids is 3. The lowest BCUT2D eigenvalue weighted by molar-refractivity contribution is -0.190. The van der Waals surface area contributed by atoms with Crippen molar-refractivity contribution < 1.29 is 39.2 Å². The third kappa shape index (κ3) is 2.24. The van der Waals surface area contributed by atoms with Gasteiger partial charge >= 0.3 is 23.9 Å². The van der Waals surface area contributed by atoms with Gasteiger partial charge in [0.05, 0.1) is 30.8 Å². The predicted molar refractivity (Wildman–Crippen MR) is 65.1 cm³/mol. The fourth-order valence-electron chi connectivity index (χ4n) is 4.08. The number of methoxy groups -OCH3 is 1. The highest BCUT2D eigenvalue weighted by Gasteiger charge is 2.63. The normalized spacial score (nSPS) is 37.8. The molecule has 0 spiro atoms. The van der Waals surface area contributed by atoms with E-state index in [-0.39, 0.29) is 6.42 Å². The average Bonchev–Trinajstić information content (AvgIpc) is 2.44. The van der Waals surface area contributed by atoms with Gasteiger partial charge in [0.2, 0.25) is 0 Å². The van der Waals surface area contributed by atoms with E-state index in [1.54, 1.807) is 0 Å². The monoisotopic (exact) mass is 300 g/mol. The van der Waals surface area contributed by atoms with Crippen LogP contribution < -0.4 is 0 Å². The lowest BCUT2D eigenvalue weighted by atomic mass is 9.50.